The summed E-state index contributed by atoms with van der Waals surface area (Å²) in [7, 11) is 0. The molecule has 4 aromatic carbocycles. The molecule has 0 unspecified atom stereocenters. The van der Waals surface area contributed by atoms with Gasteiger partial charge in [0.15, 0.2) is 0 Å². The summed E-state index contributed by atoms with van der Waals surface area (Å²) in [6.45, 7) is -0.948. The first-order valence-electron chi connectivity index (χ1n) is 11.8. The second-order valence-corrected chi connectivity index (χ2v) is 8.77. The van der Waals surface area contributed by atoms with Gasteiger partial charge in [-0.15, -0.1) is 0 Å². The number of fused-ring (bicyclic) bond motifs is 1. The smallest absolute Gasteiger partial charge is 0.387 e. The quantitative estimate of drug-likeness (QED) is 0.211. The number of hydrogen-bond acceptors (Lipinski definition) is 2. The van der Waals surface area contributed by atoms with E-state index in [0.29, 0.717) is 16.7 Å². The number of anilines is 1. The lowest BCUT2D eigenvalue weighted by atomic mass is 9.97. The lowest BCUT2D eigenvalue weighted by Gasteiger charge is -2.24. The lowest BCUT2D eigenvalue weighted by Crippen LogP contribution is -2.36. The van der Waals surface area contributed by atoms with E-state index in [4.69, 9.17) is 4.74 Å². The van der Waals surface area contributed by atoms with E-state index in [1.165, 1.54) is 6.07 Å². The highest BCUT2D eigenvalue weighted by molar-refractivity contribution is 6.30. The SMILES string of the molecule is C[C@H]1Cc2ccccc2N1C(=O)/C(=C/c1ccccc1OC(F)F)c1ccc(-c2ccccc2)cc1. The molecule has 1 aliphatic rings. The maximum absolute atomic E-state index is 14.1. The van der Waals surface area contributed by atoms with Gasteiger partial charge in [0.25, 0.3) is 5.91 Å². The molecule has 0 bridgehead atoms. The number of rotatable bonds is 6. The zero-order valence-electron chi connectivity index (χ0n) is 19.8. The zero-order chi connectivity index (χ0) is 25.1. The highest BCUT2D eigenvalue weighted by Crippen LogP contribution is 2.36. The van der Waals surface area contributed by atoms with E-state index in [9.17, 15) is 13.6 Å². The average Bonchev–Trinajstić information content (AvgIpc) is 3.24. The molecule has 0 saturated carbocycles. The van der Waals surface area contributed by atoms with E-state index in [2.05, 4.69) is 0 Å². The van der Waals surface area contributed by atoms with Crippen molar-refractivity contribution in [3.8, 4) is 16.9 Å². The summed E-state index contributed by atoms with van der Waals surface area (Å²) >= 11 is 0. The third kappa shape index (κ3) is 4.78. The number of ether oxygens (including phenoxy) is 1. The maximum Gasteiger partial charge on any atom is 0.387 e. The van der Waals surface area contributed by atoms with Crippen molar-refractivity contribution in [2.75, 3.05) is 4.90 Å². The zero-order valence-corrected chi connectivity index (χ0v) is 19.8. The monoisotopic (exact) mass is 481 g/mol. The van der Waals surface area contributed by atoms with Crippen molar-refractivity contribution in [2.45, 2.75) is 26.0 Å². The van der Waals surface area contributed by atoms with Crippen molar-refractivity contribution in [1.29, 1.82) is 0 Å². The third-order valence-corrected chi connectivity index (χ3v) is 6.39. The molecule has 3 nitrogen and oxygen atoms in total. The van der Waals surface area contributed by atoms with Gasteiger partial charge in [-0.05, 0) is 53.8 Å². The second kappa shape index (κ2) is 10.2. The molecular weight excluding hydrogens is 456 g/mol. The Morgan fingerprint density at radius 2 is 1.50 bits per heavy atom. The standard InChI is InChI=1S/C31H25F2NO2/c1-21-19-25-11-5-7-13-28(25)34(21)30(35)27(20-26-12-6-8-14-29(26)36-31(32)33)24-17-15-23(16-18-24)22-9-3-2-4-10-22/h2-18,20-21,31H,19H2,1H3/b27-20+/t21-/m0/s1. The highest BCUT2D eigenvalue weighted by Gasteiger charge is 2.32. The van der Waals surface area contributed by atoms with Crippen LogP contribution in [0.5, 0.6) is 5.75 Å². The Morgan fingerprint density at radius 1 is 0.861 bits per heavy atom. The first kappa shape index (κ1) is 23.5. The number of carbonyl (C=O) groups is 1. The van der Waals surface area contributed by atoms with E-state index in [0.717, 1.165) is 28.8 Å². The molecular formula is C31H25F2NO2. The van der Waals surface area contributed by atoms with Gasteiger partial charge in [-0.1, -0.05) is 91.0 Å². The molecule has 0 fully saturated rings. The Balaban J connectivity index is 1.60. The minimum atomic E-state index is -2.96. The summed E-state index contributed by atoms with van der Waals surface area (Å²) in [6, 6.07) is 32.0. The third-order valence-electron chi connectivity index (χ3n) is 6.39. The van der Waals surface area contributed by atoms with Crippen molar-refractivity contribution in [2.24, 2.45) is 0 Å². The van der Waals surface area contributed by atoms with Crippen molar-refractivity contribution >= 4 is 23.2 Å². The van der Waals surface area contributed by atoms with Crippen LogP contribution in [-0.2, 0) is 11.2 Å². The number of hydrogen-bond donors (Lipinski definition) is 0. The summed E-state index contributed by atoms with van der Waals surface area (Å²) < 4.78 is 30.9. The Bertz CT molecular complexity index is 1400. The molecule has 0 radical (unpaired) electrons. The molecule has 180 valence electrons. The van der Waals surface area contributed by atoms with Crippen molar-refractivity contribution in [1.82, 2.24) is 0 Å². The van der Waals surface area contributed by atoms with Crippen LogP contribution in [0.4, 0.5) is 14.5 Å². The number of carbonyl (C=O) groups excluding carboxylic acids is 1. The van der Waals surface area contributed by atoms with Crippen LogP contribution in [0.15, 0.2) is 103 Å². The van der Waals surface area contributed by atoms with Crippen molar-refractivity contribution in [3.63, 3.8) is 0 Å². The number of benzene rings is 4. The minimum Gasteiger partial charge on any atom is -0.434 e. The molecule has 5 heteroatoms. The number of para-hydroxylation sites is 2. The van der Waals surface area contributed by atoms with Crippen LogP contribution in [0.1, 0.15) is 23.6 Å². The fourth-order valence-corrected chi connectivity index (χ4v) is 4.70. The molecule has 0 aromatic heterocycles. The van der Waals surface area contributed by atoms with Gasteiger partial charge in [0.2, 0.25) is 0 Å². The Morgan fingerprint density at radius 3 is 2.25 bits per heavy atom. The maximum atomic E-state index is 14.1. The van der Waals surface area contributed by atoms with Gasteiger partial charge in [0, 0.05) is 22.9 Å². The van der Waals surface area contributed by atoms with E-state index in [1.54, 1.807) is 29.2 Å². The Kier molecular flexibility index (Phi) is 6.63. The van der Waals surface area contributed by atoms with Gasteiger partial charge in [-0.25, -0.2) is 0 Å². The summed E-state index contributed by atoms with van der Waals surface area (Å²) in [4.78, 5) is 15.9. The van der Waals surface area contributed by atoms with Crippen molar-refractivity contribution in [3.05, 3.63) is 120 Å². The van der Waals surface area contributed by atoms with Gasteiger partial charge in [-0.2, -0.15) is 8.78 Å². The first-order chi connectivity index (χ1) is 17.5. The average molecular weight is 482 g/mol. The van der Waals surface area contributed by atoms with Gasteiger partial charge < -0.3 is 9.64 Å². The van der Waals surface area contributed by atoms with Gasteiger partial charge in [-0.3, -0.25) is 4.79 Å². The van der Waals surface area contributed by atoms with Crippen LogP contribution in [-0.4, -0.2) is 18.6 Å². The topological polar surface area (TPSA) is 29.5 Å². The first-order valence-corrected chi connectivity index (χ1v) is 11.8. The molecule has 1 atom stereocenters. The lowest BCUT2D eigenvalue weighted by molar-refractivity contribution is -0.113. The fraction of sp³-hybridized carbons (Fsp3) is 0.129. The van der Waals surface area contributed by atoms with Crippen LogP contribution in [0.2, 0.25) is 0 Å². The van der Waals surface area contributed by atoms with Crippen molar-refractivity contribution < 1.29 is 18.3 Å². The molecule has 4 aromatic rings. The summed E-state index contributed by atoms with van der Waals surface area (Å²) in [5.41, 5.74) is 5.59. The molecule has 0 spiro atoms. The predicted molar refractivity (Wildman–Crippen MR) is 140 cm³/mol. The van der Waals surface area contributed by atoms with E-state index in [1.807, 2.05) is 85.8 Å². The van der Waals surface area contributed by atoms with Crippen LogP contribution >= 0.6 is 0 Å². The number of halogens is 2. The molecule has 1 amide bonds. The number of alkyl halides is 2. The van der Waals surface area contributed by atoms with E-state index < -0.39 is 6.61 Å². The second-order valence-electron chi connectivity index (χ2n) is 8.77. The van der Waals surface area contributed by atoms with Crippen LogP contribution in [0.3, 0.4) is 0 Å². The van der Waals surface area contributed by atoms with Crippen LogP contribution in [0, 0.1) is 0 Å². The molecule has 0 saturated heterocycles. The molecule has 0 aliphatic carbocycles. The molecule has 5 rings (SSSR count). The van der Waals surface area contributed by atoms with Gasteiger partial charge in [0.1, 0.15) is 5.75 Å². The summed E-state index contributed by atoms with van der Waals surface area (Å²) in [6.07, 6.45) is 2.40. The molecule has 1 aliphatic heterocycles. The molecule has 0 N–H and O–H groups in total. The largest absolute Gasteiger partial charge is 0.434 e. The molecule has 36 heavy (non-hydrogen) atoms. The Labute approximate surface area is 209 Å². The fourth-order valence-electron chi connectivity index (χ4n) is 4.70. The van der Waals surface area contributed by atoms with Crippen LogP contribution < -0.4 is 9.64 Å². The van der Waals surface area contributed by atoms with E-state index in [-0.39, 0.29) is 17.7 Å². The molecule has 1 heterocycles. The van der Waals surface area contributed by atoms with Crippen LogP contribution in [0.25, 0.3) is 22.8 Å². The number of amides is 1. The normalized spacial score (nSPS) is 15.2. The van der Waals surface area contributed by atoms with E-state index >= 15 is 0 Å². The summed E-state index contributed by atoms with van der Waals surface area (Å²) in [5.74, 6) is -0.166. The minimum absolute atomic E-state index is 0.0218. The van der Waals surface area contributed by atoms with Gasteiger partial charge in [0.05, 0.1) is 0 Å². The Hall–Kier alpha value is -4.25. The predicted octanol–water partition coefficient (Wildman–Crippen LogP) is 7.47. The highest BCUT2D eigenvalue weighted by atomic mass is 19.3. The summed E-state index contributed by atoms with van der Waals surface area (Å²) in [5, 5.41) is 0. The van der Waals surface area contributed by atoms with Gasteiger partial charge >= 0.3 is 6.61 Å². The number of nitrogens with zero attached hydrogens (tertiary/aromatic N) is 1.